The molecule has 0 unspecified atom stereocenters. The highest BCUT2D eigenvalue weighted by Gasteiger charge is 2.32. The molecule has 0 saturated carbocycles. The normalized spacial score (nSPS) is 17.8. The zero-order chi connectivity index (χ0) is 28.0. The summed E-state index contributed by atoms with van der Waals surface area (Å²) in [7, 11) is 0. The summed E-state index contributed by atoms with van der Waals surface area (Å²) < 4.78 is 0. The number of rotatable bonds is 3. The second-order valence-electron chi connectivity index (χ2n) is 14.4. The molecule has 2 heterocycles. The fourth-order valence-corrected chi connectivity index (χ4v) is 5.53. The van der Waals surface area contributed by atoms with Crippen LogP contribution in [0.5, 0.6) is 0 Å². The minimum Gasteiger partial charge on any atom is -0.312 e. The van der Waals surface area contributed by atoms with Gasteiger partial charge in [0.15, 0.2) is 0 Å². The van der Waals surface area contributed by atoms with Crippen LogP contribution in [0.1, 0.15) is 118 Å². The van der Waals surface area contributed by atoms with Gasteiger partial charge in [0.25, 0.3) is 0 Å². The number of hydrogen-bond acceptors (Lipinski definition) is 2. The topological polar surface area (TPSA) is 40.6 Å². The Morgan fingerprint density at radius 2 is 0.895 bits per heavy atom. The lowest BCUT2D eigenvalue weighted by atomic mass is 9.78. The molecule has 2 aliphatic rings. The molecule has 0 aliphatic carbocycles. The maximum absolute atomic E-state index is 13.4. The van der Waals surface area contributed by atoms with Crippen LogP contribution in [-0.4, -0.2) is 24.9 Å². The zero-order valence-electron chi connectivity index (χ0n) is 25.3. The van der Waals surface area contributed by atoms with Crippen LogP contribution >= 0.6 is 0 Å². The smallest absolute Gasteiger partial charge is 0.226 e. The van der Waals surface area contributed by atoms with Crippen molar-refractivity contribution in [3.05, 3.63) is 47.0 Å². The van der Waals surface area contributed by atoms with Gasteiger partial charge in [0.1, 0.15) is 0 Å². The first-order valence-electron chi connectivity index (χ1n) is 14.5. The largest absolute Gasteiger partial charge is 0.312 e. The van der Waals surface area contributed by atoms with Gasteiger partial charge in [-0.1, -0.05) is 80.5 Å². The minimum atomic E-state index is -0.122. The predicted octanol–water partition coefficient (Wildman–Crippen LogP) is 8.28. The molecule has 0 aromatic heterocycles. The van der Waals surface area contributed by atoms with Gasteiger partial charge in [0, 0.05) is 31.5 Å². The zero-order valence-corrected chi connectivity index (χ0v) is 25.3. The molecule has 38 heavy (non-hydrogen) atoms. The molecule has 0 spiro atoms. The number of hydrogen-bond donors (Lipinski definition) is 0. The molecule has 4 nitrogen and oxygen atoms in total. The number of nitrogens with zero attached hydrogens (tertiary/aromatic N) is 2. The van der Waals surface area contributed by atoms with Gasteiger partial charge in [-0.15, -0.1) is 0 Å². The Morgan fingerprint density at radius 1 is 0.526 bits per heavy atom. The van der Waals surface area contributed by atoms with Crippen LogP contribution in [0.2, 0.25) is 0 Å². The molecule has 2 aromatic carbocycles. The van der Waals surface area contributed by atoms with Crippen molar-refractivity contribution in [1.82, 2.24) is 0 Å². The van der Waals surface area contributed by atoms with E-state index in [-0.39, 0.29) is 28.1 Å². The monoisotopic (exact) mass is 516 g/mol. The maximum Gasteiger partial charge on any atom is 0.226 e. The average Bonchev–Trinajstić information content (AvgIpc) is 2.82. The van der Waals surface area contributed by atoms with Crippen LogP contribution in [0.15, 0.2) is 30.3 Å². The Kier molecular flexibility index (Phi) is 7.60. The first-order valence-corrected chi connectivity index (χ1v) is 14.5. The fourth-order valence-electron chi connectivity index (χ4n) is 5.53. The Bertz CT molecular complexity index is 1140. The van der Waals surface area contributed by atoms with E-state index in [1.54, 1.807) is 0 Å². The molecule has 0 atom stereocenters. The fraction of sp³-hybridized carbons (Fsp3) is 0.588. The second-order valence-corrected chi connectivity index (χ2v) is 14.4. The van der Waals surface area contributed by atoms with Crippen molar-refractivity contribution in [3.63, 3.8) is 0 Å². The van der Waals surface area contributed by atoms with Gasteiger partial charge in [-0.3, -0.25) is 9.59 Å². The minimum absolute atomic E-state index is 0.0381. The molecule has 4 heteroatoms. The second kappa shape index (κ2) is 10.2. The van der Waals surface area contributed by atoms with Crippen molar-refractivity contribution in [3.8, 4) is 11.1 Å². The van der Waals surface area contributed by atoms with Crippen molar-refractivity contribution in [2.75, 3.05) is 22.9 Å². The lowest BCUT2D eigenvalue weighted by Gasteiger charge is -2.36. The highest BCUT2D eigenvalue weighted by atomic mass is 16.2. The number of benzene rings is 2. The van der Waals surface area contributed by atoms with E-state index in [2.05, 4.69) is 92.6 Å². The lowest BCUT2D eigenvalue weighted by Crippen LogP contribution is -2.38. The number of carbonyl (C=O) groups is 2. The summed E-state index contributed by atoms with van der Waals surface area (Å²) in [6.07, 6.45) is 5.03. The highest BCUT2D eigenvalue weighted by Crippen LogP contribution is 2.46. The molecular weight excluding hydrogens is 468 g/mol. The van der Waals surface area contributed by atoms with Gasteiger partial charge in [-0.25, -0.2) is 0 Å². The van der Waals surface area contributed by atoms with Crippen molar-refractivity contribution in [2.45, 2.75) is 117 Å². The van der Waals surface area contributed by atoms with Crippen LogP contribution in [0.4, 0.5) is 11.4 Å². The van der Waals surface area contributed by atoms with E-state index in [1.807, 2.05) is 9.80 Å². The van der Waals surface area contributed by atoms with Crippen LogP contribution in [0.3, 0.4) is 0 Å². The molecule has 2 fully saturated rings. The van der Waals surface area contributed by atoms with E-state index in [0.29, 0.717) is 12.8 Å². The quantitative estimate of drug-likeness (QED) is 0.412. The summed E-state index contributed by atoms with van der Waals surface area (Å²) in [5, 5.41) is 0. The van der Waals surface area contributed by atoms with Crippen molar-refractivity contribution < 1.29 is 9.59 Å². The molecule has 0 bridgehead atoms. The third kappa shape index (κ3) is 5.84. The summed E-state index contributed by atoms with van der Waals surface area (Å²) in [5.41, 5.74) is 7.55. The van der Waals surface area contributed by atoms with Crippen molar-refractivity contribution >= 4 is 23.2 Å². The van der Waals surface area contributed by atoms with Crippen molar-refractivity contribution in [1.29, 1.82) is 0 Å². The summed E-state index contributed by atoms with van der Waals surface area (Å²) >= 11 is 0. The SMILES string of the molecule is CC(C)(C)c1cc(-c2c(N3CCCCC3=O)cc(C(C)(C)C)cc2N2CCCCC2=O)cc(C(C)(C)C)c1. The molecule has 2 aliphatic heterocycles. The van der Waals surface area contributed by atoms with E-state index >= 15 is 0 Å². The number of anilines is 2. The van der Waals surface area contributed by atoms with E-state index in [0.717, 1.165) is 66.8 Å². The Labute approximate surface area is 230 Å². The van der Waals surface area contributed by atoms with Gasteiger partial charge >= 0.3 is 0 Å². The van der Waals surface area contributed by atoms with Gasteiger partial charge in [-0.2, -0.15) is 0 Å². The van der Waals surface area contributed by atoms with Gasteiger partial charge in [0.2, 0.25) is 11.8 Å². The first-order chi connectivity index (χ1) is 17.6. The molecule has 2 aromatic rings. The molecule has 4 rings (SSSR count). The average molecular weight is 517 g/mol. The first kappa shape index (κ1) is 28.4. The summed E-state index contributed by atoms with van der Waals surface area (Å²) in [4.78, 5) is 30.8. The predicted molar refractivity (Wildman–Crippen MR) is 160 cm³/mol. The third-order valence-corrected chi connectivity index (χ3v) is 8.14. The van der Waals surface area contributed by atoms with Crippen LogP contribution in [0, 0.1) is 0 Å². The number of amides is 2. The molecule has 0 N–H and O–H groups in total. The van der Waals surface area contributed by atoms with E-state index in [9.17, 15) is 9.59 Å². The lowest BCUT2D eigenvalue weighted by molar-refractivity contribution is -0.120. The van der Waals surface area contributed by atoms with Crippen LogP contribution in [-0.2, 0) is 25.8 Å². The van der Waals surface area contributed by atoms with Crippen molar-refractivity contribution in [2.24, 2.45) is 0 Å². The van der Waals surface area contributed by atoms with Gasteiger partial charge < -0.3 is 9.80 Å². The van der Waals surface area contributed by atoms with E-state index < -0.39 is 0 Å². The standard InChI is InChI=1S/C34H48N2O2/c1-32(2,3)24-18-23(19-25(20-24)33(4,5)6)31-27(35-16-12-10-14-29(35)37)21-26(34(7,8)9)22-28(31)36-17-13-11-15-30(36)38/h18-22H,10-17H2,1-9H3. The Balaban J connectivity index is 2.12. The summed E-state index contributed by atoms with van der Waals surface area (Å²) in [6.45, 7) is 21.6. The van der Waals surface area contributed by atoms with Gasteiger partial charge in [-0.05, 0) is 76.3 Å². The third-order valence-electron chi connectivity index (χ3n) is 8.14. The number of carbonyl (C=O) groups excluding carboxylic acids is 2. The Hall–Kier alpha value is -2.62. The molecule has 2 amide bonds. The molecular formula is C34H48N2O2. The highest BCUT2D eigenvalue weighted by molar-refractivity contribution is 6.06. The van der Waals surface area contributed by atoms with Gasteiger partial charge in [0.05, 0.1) is 11.4 Å². The maximum atomic E-state index is 13.4. The Morgan fingerprint density at radius 3 is 1.24 bits per heavy atom. The molecule has 0 radical (unpaired) electrons. The van der Waals surface area contributed by atoms with E-state index in [4.69, 9.17) is 0 Å². The molecule has 2 saturated heterocycles. The summed E-state index contributed by atoms with van der Waals surface area (Å²) in [5.74, 6) is 0.366. The summed E-state index contributed by atoms with van der Waals surface area (Å²) in [6, 6.07) is 11.4. The van der Waals surface area contributed by atoms with Crippen LogP contribution in [0.25, 0.3) is 11.1 Å². The van der Waals surface area contributed by atoms with E-state index in [1.165, 1.54) is 11.1 Å². The molecule has 206 valence electrons. The van der Waals surface area contributed by atoms with Crippen LogP contribution < -0.4 is 9.80 Å². The number of piperidine rings is 2.